The van der Waals surface area contributed by atoms with Crippen LogP contribution in [0.2, 0.25) is 0 Å². The Balaban J connectivity index is 1.14. The second kappa shape index (κ2) is 13.4. The molecule has 0 radical (unpaired) electrons. The lowest BCUT2D eigenvalue weighted by Gasteiger charge is -2.26. The van der Waals surface area contributed by atoms with Crippen molar-refractivity contribution in [3.63, 3.8) is 0 Å². The summed E-state index contributed by atoms with van der Waals surface area (Å²) in [6.45, 7) is 0. The molecule has 2 heteroatoms. The highest BCUT2D eigenvalue weighted by molar-refractivity contribution is 6.11. The molecule has 0 fully saturated rings. The summed E-state index contributed by atoms with van der Waals surface area (Å²) in [5, 5.41) is 4.90. The number of fused-ring (bicyclic) bond motifs is 4. The first-order valence-corrected chi connectivity index (χ1v) is 18.5. The Morgan fingerprint density at radius 2 is 0.741 bits per heavy atom. The Hall–Kier alpha value is -7.16. The number of benzene rings is 9. The van der Waals surface area contributed by atoms with Gasteiger partial charge in [0.15, 0.2) is 0 Å². The summed E-state index contributed by atoms with van der Waals surface area (Å²) in [4.78, 5) is 2.39. The van der Waals surface area contributed by atoms with Gasteiger partial charge >= 0.3 is 0 Å². The Morgan fingerprint density at radius 1 is 0.278 bits per heavy atom. The van der Waals surface area contributed by atoms with E-state index in [9.17, 15) is 0 Å². The fraction of sp³-hybridized carbons (Fsp3) is 0. The number of anilines is 3. The van der Waals surface area contributed by atoms with Gasteiger partial charge in [-0.2, -0.15) is 0 Å². The Kier molecular flexibility index (Phi) is 7.85. The molecule has 0 N–H and O–H groups in total. The van der Waals surface area contributed by atoms with Crippen LogP contribution in [0.1, 0.15) is 0 Å². The van der Waals surface area contributed by atoms with Crippen molar-refractivity contribution in [3.05, 3.63) is 218 Å². The summed E-state index contributed by atoms with van der Waals surface area (Å²) in [5.74, 6) is 0. The van der Waals surface area contributed by atoms with Crippen LogP contribution in [-0.4, -0.2) is 4.57 Å². The number of aromatic nitrogens is 1. The maximum Gasteiger partial charge on any atom is 0.0561 e. The normalized spacial score (nSPS) is 11.3. The van der Waals surface area contributed by atoms with Gasteiger partial charge in [-0.25, -0.2) is 0 Å². The SMILES string of the molecule is c1ccc(-c2cccc(-c3ccc(N(c4ccc5ccccc5c4)c4ccc5c6ccc(-c7ccccc7)cc6n(-c6ccccc6)c5c4)cc3)c2)cc1. The van der Waals surface area contributed by atoms with E-state index in [0.29, 0.717) is 0 Å². The summed E-state index contributed by atoms with van der Waals surface area (Å²) in [7, 11) is 0. The van der Waals surface area contributed by atoms with Crippen molar-refractivity contribution in [2.75, 3.05) is 4.90 Å². The zero-order valence-corrected chi connectivity index (χ0v) is 29.7. The van der Waals surface area contributed by atoms with E-state index < -0.39 is 0 Å². The van der Waals surface area contributed by atoms with Gasteiger partial charge in [0.2, 0.25) is 0 Å². The minimum Gasteiger partial charge on any atom is -0.310 e. The molecule has 0 unspecified atom stereocenters. The molecule has 0 bridgehead atoms. The highest BCUT2D eigenvalue weighted by Gasteiger charge is 2.19. The Morgan fingerprint density at radius 3 is 1.43 bits per heavy atom. The molecule has 54 heavy (non-hydrogen) atoms. The van der Waals surface area contributed by atoms with Gasteiger partial charge in [-0.3, -0.25) is 0 Å². The monoisotopic (exact) mass is 688 g/mol. The molecule has 0 saturated carbocycles. The first-order chi connectivity index (χ1) is 26.8. The second-order valence-electron chi connectivity index (χ2n) is 13.8. The molecule has 0 amide bonds. The Bertz CT molecular complexity index is 2910. The predicted molar refractivity (Wildman–Crippen MR) is 229 cm³/mol. The molecule has 1 aromatic heterocycles. The molecule has 10 aromatic rings. The summed E-state index contributed by atoms with van der Waals surface area (Å²) in [6.07, 6.45) is 0. The van der Waals surface area contributed by atoms with Gasteiger partial charge in [-0.05, 0) is 105 Å². The van der Waals surface area contributed by atoms with Crippen LogP contribution in [0.5, 0.6) is 0 Å². The van der Waals surface area contributed by atoms with E-state index in [0.717, 1.165) is 22.7 Å². The number of hydrogen-bond donors (Lipinski definition) is 0. The molecule has 0 spiro atoms. The molecular weight excluding hydrogens is 653 g/mol. The Labute approximate surface area is 315 Å². The molecule has 0 aliphatic rings. The number of nitrogens with zero attached hydrogens (tertiary/aromatic N) is 2. The van der Waals surface area contributed by atoms with Gasteiger partial charge in [0, 0.05) is 33.5 Å². The second-order valence-corrected chi connectivity index (χ2v) is 13.8. The highest BCUT2D eigenvalue weighted by Crippen LogP contribution is 2.42. The van der Waals surface area contributed by atoms with Crippen LogP contribution in [0.4, 0.5) is 17.1 Å². The standard InChI is InChI=1S/C52H36N2/c1-4-13-37(14-5-1)41-19-12-20-42(33-41)40-23-27-46(28-24-40)53(47-29-25-39-17-10-11-18-43(39)34-47)48-30-32-50-49-31-26-44(38-15-6-2-7-16-38)35-51(49)54(52(50)36-48)45-21-8-3-9-22-45/h1-36H. The molecular formula is C52H36N2. The minimum atomic E-state index is 1.10. The summed E-state index contributed by atoms with van der Waals surface area (Å²) < 4.78 is 2.42. The molecule has 0 aliphatic carbocycles. The van der Waals surface area contributed by atoms with Crippen LogP contribution < -0.4 is 4.90 Å². The lowest BCUT2D eigenvalue weighted by atomic mass is 9.99. The number of para-hydroxylation sites is 1. The van der Waals surface area contributed by atoms with Crippen LogP contribution >= 0.6 is 0 Å². The van der Waals surface area contributed by atoms with Gasteiger partial charge < -0.3 is 9.47 Å². The van der Waals surface area contributed by atoms with Crippen LogP contribution in [0.25, 0.3) is 71.6 Å². The highest BCUT2D eigenvalue weighted by atomic mass is 15.1. The van der Waals surface area contributed by atoms with Crippen molar-refractivity contribution in [1.29, 1.82) is 0 Å². The fourth-order valence-corrected chi connectivity index (χ4v) is 7.89. The van der Waals surface area contributed by atoms with Crippen molar-refractivity contribution < 1.29 is 0 Å². The number of rotatable bonds is 7. The summed E-state index contributed by atoms with van der Waals surface area (Å²) in [6, 6.07) is 78.9. The zero-order valence-electron chi connectivity index (χ0n) is 29.7. The maximum absolute atomic E-state index is 2.42. The number of hydrogen-bond acceptors (Lipinski definition) is 1. The molecule has 0 saturated heterocycles. The van der Waals surface area contributed by atoms with E-state index in [4.69, 9.17) is 0 Å². The molecule has 9 aromatic carbocycles. The van der Waals surface area contributed by atoms with Crippen LogP contribution in [0, 0.1) is 0 Å². The lowest BCUT2D eigenvalue weighted by Crippen LogP contribution is -2.10. The van der Waals surface area contributed by atoms with Gasteiger partial charge in [0.1, 0.15) is 0 Å². The largest absolute Gasteiger partial charge is 0.310 e. The molecule has 1 heterocycles. The topological polar surface area (TPSA) is 8.17 Å². The van der Waals surface area contributed by atoms with Crippen molar-refractivity contribution in [3.8, 4) is 39.1 Å². The predicted octanol–water partition coefficient (Wildman–Crippen LogP) is 14.4. The van der Waals surface area contributed by atoms with Crippen LogP contribution in [0.3, 0.4) is 0 Å². The van der Waals surface area contributed by atoms with Crippen molar-refractivity contribution >= 4 is 49.6 Å². The van der Waals surface area contributed by atoms with Crippen molar-refractivity contribution in [2.24, 2.45) is 0 Å². The first kappa shape index (κ1) is 31.6. The molecule has 0 aliphatic heterocycles. The first-order valence-electron chi connectivity index (χ1n) is 18.5. The lowest BCUT2D eigenvalue weighted by molar-refractivity contribution is 1.18. The van der Waals surface area contributed by atoms with Crippen molar-refractivity contribution in [1.82, 2.24) is 4.57 Å². The van der Waals surface area contributed by atoms with Gasteiger partial charge in [-0.15, -0.1) is 0 Å². The zero-order chi connectivity index (χ0) is 35.8. The smallest absolute Gasteiger partial charge is 0.0561 e. The van der Waals surface area contributed by atoms with Crippen LogP contribution in [-0.2, 0) is 0 Å². The summed E-state index contributed by atoms with van der Waals surface area (Å²) in [5.41, 5.74) is 14.0. The maximum atomic E-state index is 2.42. The third-order valence-electron chi connectivity index (χ3n) is 10.6. The fourth-order valence-electron chi connectivity index (χ4n) is 7.89. The molecule has 254 valence electrons. The average molecular weight is 689 g/mol. The third kappa shape index (κ3) is 5.71. The minimum absolute atomic E-state index is 1.10. The molecule has 2 nitrogen and oxygen atoms in total. The third-order valence-corrected chi connectivity index (χ3v) is 10.6. The molecule has 0 atom stereocenters. The van der Waals surface area contributed by atoms with Crippen LogP contribution in [0.15, 0.2) is 218 Å². The van der Waals surface area contributed by atoms with E-state index in [1.165, 1.54) is 66.0 Å². The average Bonchev–Trinajstić information content (AvgIpc) is 3.58. The van der Waals surface area contributed by atoms with Gasteiger partial charge in [-0.1, -0.05) is 158 Å². The quantitative estimate of drug-likeness (QED) is 0.162. The summed E-state index contributed by atoms with van der Waals surface area (Å²) >= 11 is 0. The van der Waals surface area contributed by atoms with E-state index in [-0.39, 0.29) is 0 Å². The van der Waals surface area contributed by atoms with E-state index in [2.05, 4.69) is 228 Å². The van der Waals surface area contributed by atoms with E-state index in [1.807, 2.05) is 0 Å². The van der Waals surface area contributed by atoms with Gasteiger partial charge in [0.05, 0.1) is 11.0 Å². The molecule has 10 rings (SSSR count). The van der Waals surface area contributed by atoms with E-state index in [1.54, 1.807) is 0 Å². The van der Waals surface area contributed by atoms with Gasteiger partial charge in [0.25, 0.3) is 0 Å². The van der Waals surface area contributed by atoms with E-state index >= 15 is 0 Å². The van der Waals surface area contributed by atoms with Crippen molar-refractivity contribution in [2.45, 2.75) is 0 Å².